The van der Waals surface area contributed by atoms with E-state index < -0.39 is 50.7 Å². The number of hydrogen-bond donors (Lipinski definition) is 4. The highest BCUT2D eigenvalue weighted by Gasteiger charge is 2.53. The van der Waals surface area contributed by atoms with E-state index in [1.54, 1.807) is 36.4 Å². The second-order valence-electron chi connectivity index (χ2n) is 10.4. The molecule has 0 aliphatic carbocycles. The van der Waals surface area contributed by atoms with Gasteiger partial charge in [0.2, 0.25) is 15.8 Å². The van der Waals surface area contributed by atoms with Crippen molar-refractivity contribution >= 4 is 55.1 Å². The number of nitrogens with one attached hydrogen (secondary N) is 1. The average molecular weight is 615 g/mol. The molecule has 42 heavy (non-hydrogen) atoms. The van der Waals surface area contributed by atoms with Gasteiger partial charge in [0, 0.05) is 13.0 Å². The fraction of sp³-hybridized carbons (Fsp3) is 0.393. The molecule has 2 amide bonds. The number of aliphatic imine (C=N–C) groups is 1. The van der Waals surface area contributed by atoms with Crippen molar-refractivity contribution in [1.29, 1.82) is 0 Å². The Labute approximate surface area is 248 Å². The number of quaternary nitrogens is 1. The van der Waals surface area contributed by atoms with E-state index in [0.717, 1.165) is 4.70 Å². The number of fused-ring (bicyclic) bond motifs is 1. The number of para-hydroxylation sites is 1. The highest BCUT2D eigenvalue weighted by atomic mass is 32.2. The summed E-state index contributed by atoms with van der Waals surface area (Å²) >= 11 is 1.20. The summed E-state index contributed by atoms with van der Waals surface area (Å²) in [5, 5.41) is 0.197. The topological polar surface area (TPSA) is 201 Å². The van der Waals surface area contributed by atoms with E-state index in [9.17, 15) is 22.8 Å². The van der Waals surface area contributed by atoms with Crippen LogP contribution in [0.2, 0.25) is 0 Å². The molecule has 1 aliphatic rings. The van der Waals surface area contributed by atoms with Gasteiger partial charge < -0.3 is 17.2 Å². The van der Waals surface area contributed by atoms with Crippen molar-refractivity contribution in [3.05, 3.63) is 65.2 Å². The predicted molar refractivity (Wildman–Crippen MR) is 162 cm³/mol. The summed E-state index contributed by atoms with van der Waals surface area (Å²) in [4.78, 5) is 49.7. The fourth-order valence-corrected chi connectivity index (χ4v) is 7.84. The number of carbonyl (C=O) groups excluding carboxylic acids is 3. The molecule has 0 spiro atoms. The zero-order valence-electron chi connectivity index (χ0n) is 23.1. The Bertz CT molecular complexity index is 1540. The van der Waals surface area contributed by atoms with E-state index >= 15 is 0 Å². The number of carbonyl (C=O) groups is 3. The molecule has 3 atom stereocenters. The number of nitrogens with two attached hydrogens (primary N) is 3. The molecule has 0 bridgehead atoms. The molecule has 1 unspecified atom stereocenters. The molecule has 0 radical (unpaired) electrons. The lowest BCUT2D eigenvalue weighted by Crippen LogP contribution is -2.68. The van der Waals surface area contributed by atoms with Crippen molar-refractivity contribution in [2.75, 3.05) is 19.6 Å². The zero-order valence-corrected chi connectivity index (χ0v) is 24.8. The van der Waals surface area contributed by atoms with Gasteiger partial charge in [0.1, 0.15) is 6.04 Å². The molecule has 12 nitrogen and oxygen atoms in total. The van der Waals surface area contributed by atoms with E-state index in [1.165, 1.54) is 11.3 Å². The van der Waals surface area contributed by atoms with Gasteiger partial charge in [-0.2, -0.15) is 4.72 Å². The van der Waals surface area contributed by atoms with Crippen LogP contribution in [0.5, 0.6) is 0 Å². The molecule has 2 heterocycles. The van der Waals surface area contributed by atoms with Crippen LogP contribution in [0.25, 0.3) is 10.2 Å². The van der Waals surface area contributed by atoms with Gasteiger partial charge in [-0.25, -0.2) is 22.7 Å². The molecule has 7 N–H and O–H groups in total. The molecule has 4 rings (SSSR count). The Hall–Kier alpha value is -3.72. The lowest BCUT2D eigenvalue weighted by atomic mass is 9.99. The number of hydrogen-bond acceptors (Lipinski definition) is 8. The molecular formula is C28H36N7O5S2+. The number of primary amides is 1. The number of sulfonamides is 1. The molecule has 1 aromatic heterocycles. The minimum Gasteiger partial charge on any atom is -0.370 e. The third kappa shape index (κ3) is 7.56. The number of aromatic nitrogens is 1. The summed E-state index contributed by atoms with van der Waals surface area (Å²) in [6.07, 6.45) is 1.69. The molecular weight excluding hydrogens is 578 g/mol. The fourth-order valence-electron chi connectivity index (χ4n) is 5.52. The second kappa shape index (κ2) is 13.5. The standard InChI is InChI=1S/C28H35N7O5S2/c29-24(36)17-35(16-7-6-12-21(27(35)38)34-42(39,40)18-19-9-2-1-3-10-19)22(13-8-15-32-28(30)31)25(37)26-33-20-11-4-5-14-23(20)41-26/h1-5,9-11,14,21-22,34H,6-8,12-13,15-18H2,(H5-,29,30,31,32,36)/p+1/t21-,22-,35?/m0/s1. The summed E-state index contributed by atoms with van der Waals surface area (Å²) in [5.74, 6) is -2.18. The molecule has 0 saturated carbocycles. The quantitative estimate of drug-likeness (QED) is 0.0727. The van der Waals surface area contributed by atoms with E-state index in [4.69, 9.17) is 17.2 Å². The van der Waals surface area contributed by atoms with Gasteiger partial charge in [0.15, 0.2) is 23.6 Å². The highest BCUT2D eigenvalue weighted by molar-refractivity contribution is 7.88. The van der Waals surface area contributed by atoms with Crippen molar-refractivity contribution in [3.63, 3.8) is 0 Å². The van der Waals surface area contributed by atoms with Crippen LogP contribution in [0.4, 0.5) is 0 Å². The monoisotopic (exact) mass is 614 g/mol. The molecule has 1 saturated heterocycles. The summed E-state index contributed by atoms with van der Waals surface area (Å²) in [5.41, 5.74) is 17.9. The third-order valence-electron chi connectivity index (χ3n) is 7.33. The summed E-state index contributed by atoms with van der Waals surface area (Å²) in [6.45, 7) is -0.120. The Morgan fingerprint density at radius 3 is 2.48 bits per heavy atom. The van der Waals surface area contributed by atoms with Gasteiger partial charge in [-0.3, -0.25) is 14.6 Å². The Balaban J connectivity index is 1.73. The molecule has 14 heteroatoms. The van der Waals surface area contributed by atoms with Gasteiger partial charge in [0.25, 0.3) is 5.91 Å². The lowest BCUT2D eigenvalue weighted by molar-refractivity contribution is -0.862. The van der Waals surface area contributed by atoms with E-state index in [1.807, 2.05) is 18.2 Å². The van der Waals surface area contributed by atoms with E-state index in [2.05, 4.69) is 14.7 Å². The maximum atomic E-state index is 14.4. The normalized spacial score (nSPS) is 20.1. The van der Waals surface area contributed by atoms with Crippen LogP contribution in [0.3, 0.4) is 0 Å². The number of guanidine groups is 1. The second-order valence-corrected chi connectivity index (χ2v) is 13.2. The van der Waals surface area contributed by atoms with Gasteiger partial charge in [0.05, 0.1) is 22.5 Å². The smallest absolute Gasteiger partial charge is 0.332 e. The predicted octanol–water partition coefficient (Wildman–Crippen LogP) is 1.40. The molecule has 2 aromatic carbocycles. The van der Waals surface area contributed by atoms with Crippen LogP contribution in [0, 0.1) is 0 Å². The van der Waals surface area contributed by atoms with Crippen molar-refractivity contribution in [2.45, 2.75) is 49.9 Å². The molecule has 1 aliphatic heterocycles. The molecule has 3 aromatic rings. The van der Waals surface area contributed by atoms with Crippen molar-refractivity contribution in [1.82, 2.24) is 9.71 Å². The summed E-state index contributed by atoms with van der Waals surface area (Å²) < 4.78 is 29.1. The van der Waals surface area contributed by atoms with Gasteiger partial charge in [-0.1, -0.05) is 42.5 Å². The molecule has 224 valence electrons. The van der Waals surface area contributed by atoms with E-state index in [0.29, 0.717) is 30.3 Å². The first kappa shape index (κ1) is 31.2. The number of rotatable bonds is 13. The van der Waals surface area contributed by atoms with Crippen LogP contribution in [-0.2, 0) is 25.4 Å². The van der Waals surface area contributed by atoms with Gasteiger partial charge >= 0.3 is 5.91 Å². The number of ketones is 1. The number of benzene rings is 2. The summed E-state index contributed by atoms with van der Waals surface area (Å²) in [6, 6.07) is 13.7. The highest BCUT2D eigenvalue weighted by Crippen LogP contribution is 2.32. The third-order valence-corrected chi connectivity index (χ3v) is 9.74. The van der Waals surface area contributed by atoms with Gasteiger partial charge in [-0.05, 0) is 43.4 Å². The maximum Gasteiger partial charge on any atom is 0.332 e. The van der Waals surface area contributed by atoms with E-state index in [-0.39, 0.29) is 42.7 Å². The Kier molecular flexibility index (Phi) is 10.0. The first-order valence-electron chi connectivity index (χ1n) is 13.7. The minimum atomic E-state index is -3.95. The van der Waals surface area contributed by atoms with Crippen LogP contribution in [0.1, 0.15) is 47.5 Å². The van der Waals surface area contributed by atoms with Crippen LogP contribution < -0.4 is 21.9 Å². The van der Waals surface area contributed by atoms with Crippen LogP contribution >= 0.6 is 11.3 Å². The Morgan fingerprint density at radius 2 is 1.79 bits per heavy atom. The SMILES string of the molecule is NC(=O)C[N+]1([C@@H](CCCN=C(N)N)C(=O)c2nc3ccccc3s2)CCCC[C@H](NS(=O)(=O)Cc2ccccc2)C1=O. The van der Waals surface area contributed by atoms with Crippen molar-refractivity contribution in [2.24, 2.45) is 22.2 Å². The van der Waals surface area contributed by atoms with Crippen molar-refractivity contribution in [3.8, 4) is 0 Å². The number of Topliss-reactive ketones (excluding diaryl/α,β-unsaturated/α-hetero) is 1. The number of thiazole rings is 1. The minimum absolute atomic E-state index is 0.108. The average Bonchev–Trinajstić information content (AvgIpc) is 3.32. The first-order valence-corrected chi connectivity index (χ1v) is 16.2. The number of nitrogens with zero attached hydrogens (tertiary/aromatic N) is 3. The maximum absolute atomic E-state index is 14.4. The molecule has 1 fully saturated rings. The summed E-state index contributed by atoms with van der Waals surface area (Å²) in [7, 11) is -3.95. The number of likely N-dealkylation sites (tertiary alicyclic amines) is 1. The largest absolute Gasteiger partial charge is 0.370 e. The van der Waals surface area contributed by atoms with Gasteiger partial charge in [-0.15, -0.1) is 11.3 Å². The van der Waals surface area contributed by atoms with Crippen LogP contribution in [0.15, 0.2) is 59.6 Å². The number of amides is 2. The lowest BCUT2D eigenvalue weighted by Gasteiger charge is -2.41. The first-order chi connectivity index (χ1) is 20.0. The zero-order chi connectivity index (χ0) is 30.3. The van der Waals surface area contributed by atoms with Crippen molar-refractivity contribution < 1.29 is 27.3 Å². The Morgan fingerprint density at radius 1 is 1.07 bits per heavy atom. The van der Waals surface area contributed by atoms with Crippen LogP contribution in [-0.4, -0.2) is 73.2 Å².